The van der Waals surface area contributed by atoms with E-state index >= 15 is 0 Å². The third-order valence-electron chi connectivity index (χ3n) is 4.19. The monoisotopic (exact) mass is 371 g/mol. The van der Waals surface area contributed by atoms with Crippen LogP contribution in [-0.4, -0.2) is 23.5 Å². The molecule has 0 aromatic heterocycles. The molecule has 1 N–H and O–H groups in total. The molecule has 26 heavy (non-hydrogen) atoms. The topological polar surface area (TPSA) is 55.4 Å². The maximum Gasteiger partial charge on any atom is 0.226 e. The number of carbonyl (C=O) groups is 2. The van der Waals surface area contributed by atoms with Crippen LogP contribution >= 0.6 is 12.6 Å². The molecule has 0 radical (unpaired) electrons. The molecule has 0 aliphatic rings. The predicted molar refractivity (Wildman–Crippen MR) is 106 cm³/mol. The Morgan fingerprint density at radius 3 is 2.15 bits per heavy atom. The Labute approximate surface area is 160 Å². The molecule has 0 saturated heterocycles. The molecule has 1 unspecified atom stereocenters. The highest BCUT2D eigenvalue weighted by atomic mass is 32.1. The van der Waals surface area contributed by atoms with Gasteiger partial charge in [-0.15, -0.1) is 0 Å². The second-order valence-electron chi connectivity index (χ2n) is 6.21. The van der Waals surface area contributed by atoms with Gasteiger partial charge in [-0.25, -0.2) is 0 Å². The molecule has 2 aromatic carbocycles. The van der Waals surface area contributed by atoms with Crippen LogP contribution in [0.5, 0.6) is 0 Å². The summed E-state index contributed by atoms with van der Waals surface area (Å²) in [5.74, 6) is -0.664. The fourth-order valence-electron chi connectivity index (χ4n) is 2.62. The number of rotatable bonds is 10. The van der Waals surface area contributed by atoms with Gasteiger partial charge in [0.15, 0.2) is 0 Å². The van der Waals surface area contributed by atoms with Crippen LogP contribution in [0, 0.1) is 5.92 Å². The van der Waals surface area contributed by atoms with Crippen molar-refractivity contribution in [3.63, 3.8) is 0 Å². The van der Waals surface area contributed by atoms with Gasteiger partial charge in [0.05, 0.1) is 18.6 Å². The summed E-state index contributed by atoms with van der Waals surface area (Å²) >= 11 is 4.02. The smallest absolute Gasteiger partial charge is 0.226 e. The van der Waals surface area contributed by atoms with Crippen LogP contribution in [0.25, 0.3) is 0 Å². The van der Waals surface area contributed by atoms with Gasteiger partial charge in [0.2, 0.25) is 5.91 Å². The van der Waals surface area contributed by atoms with E-state index in [1.54, 1.807) is 0 Å². The van der Waals surface area contributed by atoms with Gasteiger partial charge in [0, 0.05) is 18.7 Å². The number of ketones is 1. The highest BCUT2D eigenvalue weighted by molar-refractivity contribution is 7.81. The van der Waals surface area contributed by atoms with E-state index in [1.165, 1.54) is 0 Å². The molecular weight excluding hydrogens is 346 g/mol. The number of thiol groups is 1. The van der Waals surface area contributed by atoms with Gasteiger partial charge in [0.1, 0.15) is 5.78 Å². The van der Waals surface area contributed by atoms with E-state index in [4.69, 9.17) is 4.74 Å². The Hall–Kier alpha value is -2.11. The van der Waals surface area contributed by atoms with Crippen molar-refractivity contribution in [2.45, 2.75) is 32.6 Å². The average molecular weight is 372 g/mol. The zero-order valence-corrected chi connectivity index (χ0v) is 15.8. The highest BCUT2D eigenvalue weighted by Crippen LogP contribution is 2.16. The van der Waals surface area contributed by atoms with Gasteiger partial charge in [-0.2, -0.15) is 12.6 Å². The summed E-state index contributed by atoms with van der Waals surface area (Å²) in [7, 11) is 0. The minimum absolute atomic E-state index is 0.0663. The lowest BCUT2D eigenvalue weighted by molar-refractivity contribution is -0.134. The number of carbonyl (C=O) groups excluding carboxylic acids is 2. The number of nitrogens with one attached hydrogen (secondary N) is 1. The Balaban J connectivity index is 1.96. The van der Waals surface area contributed by atoms with E-state index in [0.29, 0.717) is 13.2 Å². The molecule has 0 spiro atoms. The van der Waals surface area contributed by atoms with Crippen molar-refractivity contribution in [2.24, 2.45) is 5.92 Å². The van der Waals surface area contributed by atoms with Gasteiger partial charge in [0.25, 0.3) is 0 Å². The predicted octanol–water partition coefficient (Wildman–Crippen LogP) is 3.41. The van der Waals surface area contributed by atoms with Crippen LogP contribution in [-0.2, 0) is 27.5 Å². The normalized spacial score (nSPS) is 13.0. The van der Waals surface area contributed by atoms with E-state index in [2.05, 4.69) is 17.9 Å². The fraction of sp³-hybridized carbons (Fsp3) is 0.333. The molecule has 0 heterocycles. The molecule has 2 rings (SSSR count). The van der Waals surface area contributed by atoms with Crippen molar-refractivity contribution < 1.29 is 14.3 Å². The summed E-state index contributed by atoms with van der Waals surface area (Å²) in [5.41, 5.74) is 2.04. The first-order valence-electron chi connectivity index (χ1n) is 8.70. The van der Waals surface area contributed by atoms with E-state index in [9.17, 15) is 9.59 Å². The maximum atomic E-state index is 12.7. The molecule has 4 nitrogen and oxygen atoms in total. The zero-order valence-electron chi connectivity index (χ0n) is 14.9. The van der Waals surface area contributed by atoms with Crippen molar-refractivity contribution in [3.05, 3.63) is 71.8 Å². The number of amides is 1. The zero-order chi connectivity index (χ0) is 18.8. The minimum atomic E-state index is -0.540. The molecular formula is C21H25NO3S. The van der Waals surface area contributed by atoms with Gasteiger partial charge in [-0.05, 0) is 18.1 Å². The van der Waals surface area contributed by atoms with Crippen molar-refractivity contribution >= 4 is 24.3 Å². The summed E-state index contributed by atoms with van der Waals surface area (Å²) in [5, 5.41) is 2.91. The Morgan fingerprint density at radius 1 is 1.00 bits per heavy atom. The van der Waals surface area contributed by atoms with Gasteiger partial charge < -0.3 is 10.1 Å². The first-order chi connectivity index (χ1) is 12.6. The average Bonchev–Trinajstić information content (AvgIpc) is 2.69. The molecule has 138 valence electrons. The van der Waals surface area contributed by atoms with Crippen LogP contribution in [0.2, 0.25) is 0 Å². The molecule has 2 aromatic rings. The summed E-state index contributed by atoms with van der Waals surface area (Å²) in [6, 6.07) is 19.4. The molecule has 0 aliphatic heterocycles. The number of hydrogen-bond donors (Lipinski definition) is 2. The molecule has 5 heteroatoms. The van der Waals surface area contributed by atoms with E-state index in [-0.39, 0.29) is 30.0 Å². The summed E-state index contributed by atoms with van der Waals surface area (Å²) in [4.78, 5) is 24.5. The minimum Gasteiger partial charge on any atom is -0.373 e. The molecule has 0 aliphatic carbocycles. The first-order valence-corrected chi connectivity index (χ1v) is 9.33. The summed E-state index contributed by atoms with van der Waals surface area (Å²) in [6.45, 7) is 2.66. The van der Waals surface area contributed by atoms with Gasteiger partial charge >= 0.3 is 0 Å². The van der Waals surface area contributed by atoms with Crippen molar-refractivity contribution in [1.29, 1.82) is 0 Å². The summed E-state index contributed by atoms with van der Waals surface area (Å²) < 4.78 is 5.87. The molecule has 0 bridgehead atoms. The third kappa shape index (κ3) is 6.65. The largest absolute Gasteiger partial charge is 0.373 e. The van der Waals surface area contributed by atoms with Crippen molar-refractivity contribution in [1.82, 2.24) is 5.32 Å². The molecule has 2 atom stereocenters. The third-order valence-corrected chi connectivity index (χ3v) is 4.55. The maximum absolute atomic E-state index is 12.7. The Morgan fingerprint density at radius 2 is 1.58 bits per heavy atom. The standard InChI is InChI=1S/C21H25NO3S/c1-16(25-14-18-10-6-3-7-11-18)20(12-19(23)15-26)21(24)22-13-17-8-4-2-5-9-17/h2-11,16,20,26H,12-15H2,1H3,(H,22,24)/t16?,20-/m0/s1. The van der Waals surface area contributed by atoms with Gasteiger partial charge in [-0.1, -0.05) is 60.7 Å². The number of benzene rings is 2. The van der Waals surface area contributed by atoms with Crippen LogP contribution in [0.3, 0.4) is 0 Å². The Kier molecular flexibility index (Phi) is 8.38. The lowest BCUT2D eigenvalue weighted by Crippen LogP contribution is -2.38. The summed E-state index contributed by atoms with van der Waals surface area (Å²) in [6.07, 6.45) is -0.255. The lowest BCUT2D eigenvalue weighted by atomic mass is 9.96. The van der Waals surface area contributed by atoms with E-state index in [0.717, 1.165) is 11.1 Å². The van der Waals surface area contributed by atoms with Crippen molar-refractivity contribution in [3.8, 4) is 0 Å². The molecule has 0 fully saturated rings. The number of ether oxygens (including phenoxy) is 1. The second-order valence-corrected chi connectivity index (χ2v) is 6.53. The van der Waals surface area contributed by atoms with E-state index < -0.39 is 5.92 Å². The first kappa shape index (κ1) is 20.2. The SMILES string of the molecule is CC(OCc1ccccc1)[C@H](CC(=O)CS)C(=O)NCc1ccccc1. The number of hydrogen-bond acceptors (Lipinski definition) is 4. The molecule has 0 saturated carbocycles. The lowest BCUT2D eigenvalue weighted by Gasteiger charge is -2.23. The van der Waals surface area contributed by atoms with Crippen LogP contribution in [0.1, 0.15) is 24.5 Å². The second kappa shape index (κ2) is 10.8. The Bertz CT molecular complexity index is 691. The fourth-order valence-corrected chi connectivity index (χ4v) is 2.74. The van der Waals surface area contributed by atoms with Crippen molar-refractivity contribution in [2.75, 3.05) is 5.75 Å². The van der Waals surface area contributed by atoms with Crippen LogP contribution < -0.4 is 5.32 Å². The van der Waals surface area contributed by atoms with Crippen LogP contribution in [0.4, 0.5) is 0 Å². The van der Waals surface area contributed by atoms with Gasteiger partial charge in [-0.3, -0.25) is 9.59 Å². The molecule has 1 amide bonds. The highest BCUT2D eigenvalue weighted by Gasteiger charge is 2.28. The van der Waals surface area contributed by atoms with E-state index in [1.807, 2.05) is 67.6 Å². The van der Waals surface area contributed by atoms with Crippen LogP contribution in [0.15, 0.2) is 60.7 Å². The number of Topliss-reactive ketones (excluding diaryl/α,β-unsaturated/α-hetero) is 1. The quantitative estimate of drug-likeness (QED) is 0.629.